The maximum Gasteiger partial charge on any atom is 0.317 e. The molecule has 2 amide bonds. The normalized spacial score (nSPS) is 25.9. The summed E-state index contributed by atoms with van der Waals surface area (Å²) < 4.78 is 0. The van der Waals surface area contributed by atoms with E-state index in [9.17, 15) is 9.59 Å². The van der Waals surface area contributed by atoms with Gasteiger partial charge in [0.2, 0.25) is 0 Å². The minimum absolute atomic E-state index is 0.0265. The molecule has 1 atom stereocenters. The zero-order valence-electron chi connectivity index (χ0n) is 9.72. The van der Waals surface area contributed by atoms with Gasteiger partial charge in [0, 0.05) is 24.9 Å². The summed E-state index contributed by atoms with van der Waals surface area (Å²) in [6.07, 6.45) is 2.19. The van der Waals surface area contributed by atoms with Crippen LogP contribution in [-0.4, -0.2) is 52.6 Å². The third-order valence-electron chi connectivity index (χ3n) is 3.39. The molecule has 0 aromatic heterocycles. The first-order valence-electron chi connectivity index (χ1n) is 6.03. The Bertz CT molecular complexity index is 297. The van der Waals surface area contributed by atoms with Gasteiger partial charge in [0.25, 0.3) is 0 Å². The Morgan fingerprint density at radius 2 is 1.94 bits per heavy atom. The molecule has 0 saturated carbocycles. The van der Waals surface area contributed by atoms with Crippen molar-refractivity contribution in [3.05, 3.63) is 0 Å². The SMILES string of the molecule is O=C(O)C1CCN(C(=O)NC2CCSC2)CC1. The smallest absolute Gasteiger partial charge is 0.317 e. The highest BCUT2D eigenvalue weighted by molar-refractivity contribution is 7.99. The first kappa shape index (κ1) is 12.5. The summed E-state index contributed by atoms with van der Waals surface area (Å²) in [6.45, 7) is 1.12. The van der Waals surface area contributed by atoms with Gasteiger partial charge in [0.15, 0.2) is 0 Å². The minimum atomic E-state index is -0.739. The lowest BCUT2D eigenvalue weighted by Gasteiger charge is -2.31. The maximum atomic E-state index is 11.9. The Morgan fingerprint density at radius 3 is 2.47 bits per heavy atom. The fourth-order valence-corrected chi connectivity index (χ4v) is 3.40. The lowest BCUT2D eigenvalue weighted by Crippen LogP contribution is -2.48. The van der Waals surface area contributed by atoms with Crippen LogP contribution in [0.5, 0.6) is 0 Å². The highest BCUT2D eigenvalue weighted by Crippen LogP contribution is 2.19. The van der Waals surface area contributed by atoms with E-state index in [0.717, 1.165) is 17.9 Å². The van der Waals surface area contributed by atoms with Crippen molar-refractivity contribution in [2.75, 3.05) is 24.6 Å². The lowest BCUT2D eigenvalue weighted by molar-refractivity contribution is -0.143. The lowest BCUT2D eigenvalue weighted by atomic mass is 9.97. The van der Waals surface area contributed by atoms with Crippen molar-refractivity contribution in [2.45, 2.75) is 25.3 Å². The van der Waals surface area contributed by atoms with Gasteiger partial charge in [-0.15, -0.1) is 0 Å². The van der Waals surface area contributed by atoms with Crippen LogP contribution in [0, 0.1) is 5.92 Å². The molecule has 0 radical (unpaired) electrons. The number of thioether (sulfide) groups is 1. The van der Waals surface area contributed by atoms with E-state index in [-0.39, 0.29) is 11.9 Å². The van der Waals surface area contributed by atoms with E-state index in [0.29, 0.717) is 32.0 Å². The van der Waals surface area contributed by atoms with E-state index in [1.807, 2.05) is 11.8 Å². The number of hydrogen-bond acceptors (Lipinski definition) is 3. The summed E-state index contributed by atoms with van der Waals surface area (Å²) in [6, 6.07) is 0.269. The molecule has 5 nitrogen and oxygen atoms in total. The number of urea groups is 1. The molecular formula is C11H18N2O3S. The average Bonchev–Trinajstić information content (AvgIpc) is 2.82. The number of nitrogens with one attached hydrogen (secondary N) is 1. The van der Waals surface area contributed by atoms with E-state index in [1.165, 1.54) is 0 Å². The van der Waals surface area contributed by atoms with Crippen molar-refractivity contribution in [1.82, 2.24) is 10.2 Å². The molecule has 2 saturated heterocycles. The van der Waals surface area contributed by atoms with Gasteiger partial charge in [-0.2, -0.15) is 11.8 Å². The Kier molecular flexibility index (Phi) is 4.15. The molecule has 0 spiro atoms. The van der Waals surface area contributed by atoms with E-state index >= 15 is 0 Å². The minimum Gasteiger partial charge on any atom is -0.481 e. The van der Waals surface area contributed by atoms with Crippen molar-refractivity contribution in [3.8, 4) is 0 Å². The van der Waals surface area contributed by atoms with Gasteiger partial charge in [-0.3, -0.25) is 4.79 Å². The van der Waals surface area contributed by atoms with Crippen molar-refractivity contribution < 1.29 is 14.7 Å². The van der Waals surface area contributed by atoms with Crippen LogP contribution in [0.2, 0.25) is 0 Å². The van der Waals surface area contributed by atoms with Gasteiger partial charge in [-0.1, -0.05) is 0 Å². The summed E-state index contributed by atoms with van der Waals surface area (Å²) in [7, 11) is 0. The van der Waals surface area contributed by atoms with Crippen LogP contribution in [0.15, 0.2) is 0 Å². The van der Waals surface area contributed by atoms with E-state index in [1.54, 1.807) is 4.90 Å². The number of amides is 2. The molecule has 2 aliphatic heterocycles. The number of carboxylic acid groups (broad SMARTS) is 1. The molecule has 96 valence electrons. The Hall–Kier alpha value is -0.910. The molecule has 2 heterocycles. The molecule has 0 aromatic rings. The molecule has 2 aliphatic rings. The fourth-order valence-electron chi connectivity index (χ4n) is 2.24. The van der Waals surface area contributed by atoms with Crippen LogP contribution in [0.25, 0.3) is 0 Å². The molecule has 1 unspecified atom stereocenters. The summed E-state index contributed by atoms with van der Waals surface area (Å²) in [5.74, 6) is 1.10. The highest BCUT2D eigenvalue weighted by Gasteiger charge is 2.28. The van der Waals surface area contributed by atoms with Gasteiger partial charge in [0.1, 0.15) is 0 Å². The Labute approximate surface area is 105 Å². The zero-order valence-corrected chi connectivity index (χ0v) is 10.5. The monoisotopic (exact) mass is 258 g/mol. The fraction of sp³-hybridized carbons (Fsp3) is 0.818. The number of hydrogen-bond donors (Lipinski definition) is 2. The molecule has 0 bridgehead atoms. The van der Waals surface area contributed by atoms with E-state index in [4.69, 9.17) is 5.11 Å². The maximum absolute atomic E-state index is 11.9. The van der Waals surface area contributed by atoms with Crippen molar-refractivity contribution in [1.29, 1.82) is 0 Å². The second-order valence-electron chi connectivity index (χ2n) is 4.61. The van der Waals surface area contributed by atoms with Crippen molar-refractivity contribution in [3.63, 3.8) is 0 Å². The number of nitrogens with zero attached hydrogens (tertiary/aromatic N) is 1. The van der Waals surface area contributed by atoms with Gasteiger partial charge >= 0.3 is 12.0 Å². The highest BCUT2D eigenvalue weighted by atomic mass is 32.2. The van der Waals surface area contributed by atoms with Gasteiger partial charge < -0.3 is 15.3 Å². The molecular weight excluding hydrogens is 240 g/mol. The summed E-state index contributed by atoms with van der Waals surface area (Å²) >= 11 is 1.86. The first-order chi connectivity index (χ1) is 8.16. The van der Waals surface area contributed by atoms with Crippen LogP contribution in [0.4, 0.5) is 4.79 Å². The zero-order chi connectivity index (χ0) is 12.3. The second kappa shape index (κ2) is 5.62. The number of carboxylic acids is 1. The molecule has 2 rings (SSSR count). The third-order valence-corrected chi connectivity index (χ3v) is 4.55. The molecule has 2 fully saturated rings. The topological polar surface area (TPSA) is 69.6 Å². The molecule has 2 N–H and O–H groups in total. The molecule has 0 aromatic carbocycles. The van der Waals surface area contributed by atoms with Gasteiger partial charge in [0.05, 0.1) is 5.92 Å². The van der Waals surface area contributed by atoms with Crippen LogP contribution in [0.3, 0.4) is 0 Å². The molecule has 17 heavy (non-hydrogen) atoms. The summed E-state index contributed by atoms with van der Waals surface area (Å²) in [5, 5.41) is 11.9. The predicted molar refractivity (Wildman–Crippen MR) is 66.2 cm³/mol. The van der Waals surface area contributed by atoms with E-state index in [2.05, 4.69) is 5.32 Å². The third kappa shape index (κ3) is 3.28. The predicted octanol–water partition coefficient (Wildman–Crippen LogP) is 0.998. The van der Waals surface area contributed by atoms with Crippen molar-refractivity contribution >= 4 is 23.8 Å². The van der Waals surface area contributed by atoms with Crippen LogP contribution in [-0.2, 0) is 4.79 Å². The second-order valence-corrected chi connectivity index (χ2v) is 5.76. The number of rotatable bonds is 2. The van der Waals surface area contributed by atoms with Crippen molar-refractivity contribution in [2.24, 2.45) is 5.92 Å². The quantitative estimate of drug-likeness (QED) is 0.775. The number of carbonyl (C=O) groups is 2. The molecule has 0 aliphatic carbocycles. The number of aliphatic carboxylic acids is 1. The van der Waals surface area contributed by atoms with Gasteiger partial charge in [-0.25, -0.2) is 4.79 Å². The molecule has 6 heteroatoms. The van der Waals surface area contributed by atoms with E-state index < -0.39 is 5.97 Å². The summed E-state index contributed by atoms with van der Waals surface area (Å²) in [5.41, 5.74) is 0. The standard InChI is InChI=1S/C11H18N2O3S/c14-10(15)8-1-4-13(5-2-8)11(16)12-9-3-6-17-7-9/h8-9H,1-7H2,(H,12,16)(H,14,15). The average molecular weight is 258 g/mol. The van der Waals surface area contributed by atoms with Crippen LogP contribution < -0.4 is 5.32 Å². The number of piperidine rings is 1. The largest absolute Gasteiger partial charge is 0.481 e. The Morgan fingerprint density at radius 1 is 1.24 bits per heavy atom. The van der Waals surface area contributed by atoms with Gasteiger partial charge in [-0.05, 0) is 25.0 Å². The summed E-state index contributed by atoms with van der Waals surface area (Å²) in [4.78, 5) is 24.4. The number of likely N-dealkylation sites (tertiary alicyclic amines) is 1. The van der Waals surface area contributed by atoms with Crippen LogP contribution >= 0.6 is 11.8 Å². The number of carbonyl (C=O) groups excluding carboxylic acids is 1. The van der Waals surface area contributed by atoms with Crippen LogP contribution in [0.1, 0.15) is 19.3 Å². The first-order valence-corrected chi connectivity index (χ1v) is 7.18. The Balaban J connectivity index is 1.75.